The maximum absolute atomic E-state index is 13.8. The molecule has 0 amide bonds. The first-order chi connectivity index (χ1) is 15.1. The van der Waals surface area contributed by atoms with Crippen molar-refractivity contribution in [2.75, 3.05) is 13.2 Å². The van der Waals surface area contributed by atoms with E-state index in [2.05, 4.69) is 20.8 Å². The lowest BCUT2D eigenvalue weighted by Crippen LogP contribution is -2.62. The second-order valence-electron chi connectivity index (χ2n) is 12.1. The highest BCUT2D eigenvalue weighted by Crippen LogP contribution is 2.68. The number of ether oxygens (including phenoxy) is 2. The maximum Gasteiger partial charge on any atom is 0.303 e. The number of fused-ring (bicyclic) bond motifs is 5. The predicted octanol–water partition coefficient (Wildman–Crippen LogP) is 4.04. The van der Waals surface area contributed by atoms with Crippen LogP contribution in [0.4, 0.5) is 0 Å². The zero-order valence-corrected chi connectivity index (χ0v) is 19.8. The molecule has 1 spiro atoms. The van der Waals surface area contributed by atoms with E-state index in [1.807, 2.05) is 0 Å². The second-order valence-corrected chi connectivity index (χ2v) is 12.1. The molecular weight excluding hydrogens is 408 g/mol. The Morgan fingerprint density at radius 2 is 1.88 bits per heavy atom. The number of carbonyl (C=O) groups is 2. The topological polar surface area (TPSA) is 93.1 Å². The highest BCUT2D eigenvalue weighted by Gasteiger charge is 2.67. The Morgan fingerprint density at radius 1 is 1.16 bits per heavy atom. The summed E-state index contributed by atoms with van der Waals surface area (Å²) in [5.74, 6) is 0.438. The van der Waals surface area contributed by atoms with Gasteiger partial charge in [0.05, 0.1) is 19.3 Å². The molecule has 5 fully saturated rings. The first-order valence-electron chi connectivity index (χ1n) is 12.8. The Morgan fingerprint density at radius 3 is 2.56 bits per heavy atom. The van der Waals surface area contributed by atoms with Gasteiger partial charge in [0.1, 0.15) is 5.78 Å². The number of hydrogen-bond donors (Lipinski definition) is 2. The second kappa shape index (κ2) is 7.78. The third-order valence-corrected chi connectivity index (χ3v) is 10.9. The number of aliphatic hydroxyl groups is 1. The molecule has 1 saturated heterocycles. The first kappa shape index (κ1) is 22.8. The molecule has 9 atom stereocenters. The predicted molar refractivity (Wildman–Crippen MR) is 118 cm³/mol. The van der Waals surface area contributed by atoms with Crippen molar-refractivity contribution < 1.29 is 29.3 Å². The van der Waals surface area contributed by atoms with E-state index in [0.29, 0.717) is 37.8 Å². The van der Waals surface area contributed by atoms with Crippen molar-refractivity contribution in [3.8, 4) is 0 Å². The highest BCUT2D eigenvalue weighted by atomic mass is 16.7. The van der Waals surface area contributed by atoms with Crippen molar-refractivity contribution in [2.24, 2.45) is 46.3 Å². The van der Waals surface area contributed by atoms with Gasteiger partial charge >= 0.3 is 5.97 Å². The molecule has 6 heteroatoms. The van der Waals surface area contributed by atoms with E-state index in [4.69, 9.17) is 14.6 Å². The zero-order chi connectivity index (χ0) is 22.9. The van der Waals surface area contributed by atoms with Crippen LogP contribution in [-0.4, -0.2) is 47.1 Å². The van der Waals surface area contributed by atoms with Gasteiger partial charge < -0.3 is 19.7 Å². The molecule has 0 aromatic heterocycles. The summed E-state index contributed by atoms with van der Waals surface area (Å²) >= 11 is 0. The average molecular weight is 449 g/mol. The molecular formula is C26H40O6. The number of Topliss-reactive ketones (excluding diaryl/α,β-unsaturated/α-hetero) is 1. The quantitative estimate of drug-likeness (QED) is 0.674. The first-order valence-corrected chi connectivity index (χ1v) is 12.8. The summed E-state index contributed by atoms with van der Waals surface area (Å²) in [6.07, 6.45) is 6.35. The van der Waals surface area contributed by atoms with Crippen molar-refractivity contribution in [1.29, 1.82) is 0 Å². The fourth-order valence-electron chi connectivity index (χ4n) is 9.14. The Hall–Kier alpha value is -0.980. The van der Waals surface area contributed by atoms with Crippen LogP contribution in [0.2, 0.25) is 0 Å². The largest absolute Gasteiger partial charge is 0.481 e. The van der Waals surface area contributed by atoms with Gasteiger partial charge in [-0.3, -0.25) is 9.59 Å². The van der Waals surface area contributed by atoms with E-state index >= 15 is 0 Å². The molecule has 5 rings (SSSR count). The zero-order valence-electron chi connectivity index (χ0n) is 19.8. The number of carboxylic acids is 1. The normalized spacial score (nSPS) is 48.2. The molecule has 6 nitrogen and oxygen atoms in total. The lowest BCUT2D eigenvalue weighted by atomic mass is 9.43. The summed E-state index contributed by atoms with van der Waals surface area (Å²) in [6, 6.07) is 0. The lowest BCUT2D eigenvalue weighted by Gasteiger charge is -2.62. The molecule has 0 radical (unpaired) electrons. The van der Waals surface area contributed by atoms with Gasteiger partial charge in [0.2, 0.25) is 0 Å². The molecule has 0 aromatic rings. The van der Waals surface area contributed by atoms with E-state index in [0.717, 1.165) is 38.5 Å². The number of hydrogen-bond acceptors (Lipinski definition) is 5. The van der Waals surface area contributed by atoms with Crippen LogP contribution in [0.15, 0.2) is 0 Å². The summed E-state index contributed by atoms with van der Waals surface area (Å²) in [6.45, 7) is 7.93. The minimum atomic E-state index is -0.765. The van der Waals surface area contributed by atoms with Gasteiger partial charge in [-0.2, -0.15) is 0 Å². The molecule has 2 N–H and O–H groups in total. The van der Waals surface area contributed by atoms with E-state index in [1.165, 1.54) is 0 Å². The summed E-state index contributed by atoms with van der Waals surface area (Å²) in [5, 5.41) is 20.6. The van der Waals surface area contributed by atoms with Crippen molar-refractivity contribution in [3.05, 3.63) is 0 Å². The van der Waals surface area contributed by atoms with Crippen molar-refractivity contribution in [3.63, 3.8) is 0 Å². The molecule has 0 unspecified atom stereocenters. The smallest absolute Gasteiger partial charge is 0.303 e. The standard InChI is InChI=1S/C26H40O6/c1-15(4-7-22(29)30)17-5-6-18-23-19(13-21(28)25(17,18)3)24(2)8-9-26(31-10-11-32-26)14-16(24)12-20(23)27/h15-20,23,27H,4-14H2,1-3H3,(H,29,30)/t15-,16+,17+,18+,19-,20+,23-,24-,25+/m0/s1. The van der Waals surface area contributed by atoms with E-state index in [1.54, 1.807) is 0 Å². The molecule has 0 bridgehead atoms. The average Bonchev–Trinajstić information content (AvgIpc) is 3.34. The van der Waals surface area contributed by atoms with Gasteiger partial charge in [-0.1, -0.05) is 20.8 Å². The van der Waals surface area contributed by atoms with Crippen LogP contribution in [0.5, 0.6) is 0 Å². The molecule has 1 aliphatic heterocycles. The number of rotatable bonds is 4. The van der Waals surface area contributed by atoms with Crippen molar-refractivity contribution in [2.45, 2.75) is 90.4 Å². The van der Waals surface area contributed by atoms with E-state index in [-0.39, 0.29) is 47.5 Å². The molecule has 0 aromatic carbocycles. The van der Waals surface area contributed by atoms with Gasteiger partial charge in [0, 0.05) is 31.1 Å². The molecule has 5 aliphatic rings. The van der Waals surface area contributed by atoms with Gasteiger partial charge in [0.15, 0.2) is 5.79 Å². The Labute approximate surface area is 191 Å². The molecule has 1 heterocycles. The minimum absolute atomic E-state index is 0.0362. The monoisotopic (exact) mass is 448 g/mol. The van der Waals surface area contributed by atoms with E-state index < -0.39 is 17.2 Å². The van der Waals surface area contributed by atoms with E-state index in [9.17, 15) is 14.7 Å². The van der Waals surface area contributed by atoms with Crippen LogP contribution in [0.3, 0.4) is 0 Å². The van der Waals surface area contributed by atoms with Crippen LogP contribution in [-0.2, 0) is 19.1 Å². The summed E-state index contributed by atoms with van der Waals surface area (Å²) in [5.41, 5.74) is -0.398. The minimum Gasteiger partial charge on any atom is -0.481 e. The summed E-state index contributed by atoms with van der Waals surface area (Å²) in [7, 11) is 0. The molecule has 180 valence electrons. The number of aliphatic carboxylic acids is 1. The molecule has 32 heavy (non-hydrogen) atoms. The van der Waals surface area contributed by atoms with Crippen molar-refractivity contribution in [1.82, 2.24) is 0 Å². The Kier molecular flexibility index (Phi) is 5.54. The maximum atomic E-state index is 13.8. The highest BCUT2D eigenvalue weighted by molar-refractivity contribution is 5.87. The molecule has 4 saturated carbocycles. The van der Waals surface area contributed by atoms with Crippen LogP contribution in [0, 0.1) is 46.3 Å². The molecule has 4 aliphatic carbocycles. The van der Waals surface area contributed by atoms with Crippen LogP contribution < -0.4 is 0 Å². The summed E-state index contributed by atoms with van der Waals surface area (Å²) in [4.78, 5) is 25.0. The fraction of sp³-hybridized carbons (Fsp3) is 0.923. The van der Waals surface area contributed by atoms with Gasteiger partial charge in [-0.15, -0.1) is 0 Å². The van der Waals surface area contributed by atoms with Gasteiger partial charge in [0.25, 0.3) is 0 Å². The van der Waals surface area contributed by atoms with Crippen molar-refractivity contribution >= 4 is 11.8 Å². The number of carbonyl (C=O) groups excluding carboxylic acids is 1. The Bertz CT molecular complexity index is 774. The third kappa shape index (κ3) is 3.23. The van der Waals surface area contributed by atoms with Crippen LogP contribution >= 0.6 is 0 Å². The van der Waals surface area contributed by atoms with Crippen LogP contribution in [0.1, 0.15) is 78.6 Å². The number of carboxylic acid groups (broad SMARTS) is 1. The summed E-state index contributed by atoms with van der Waals surface area (Å²) < 4.78 is 12.0. The van der Waals surface area contributed by atoms with Gasteiger partial charge in [-0.25, -0.2) is 0 Å². The number of aliphatic hydroxyl groups excluding tert-OH is 1. The lowest BCUT2D eigenvalue weighted by molar-refractivity contribution is -0.240. The fourth-order valence-corrected chi connectivity index (χ4v) is 9.14. The van der Waals surface area contributed by atoms with Crippen LogP contribution in [0.25, 0.3) is 0 Å². The SMILES string of the molecule is C[C@@H](CCC(=O)O)[C@H]1CC[C@@H]2[C@@H]3[C@H](O)C[C@@H]4CC5(CC[C@]4(C)[C@H]3CC(=O)[C@@]21C)OCCO5. The third-order valence-electron chi connectivity index (χ3n) is 10.9. The Balaban J connectivity index is 1.40. The number of ketones is 1. The van der Waals surface area contributed by atoms with Gasteiger partial charge in [-0.05, 0) is 73.0 Å².